The van der Waals surface area contributed by atoms with Crippen molar-refractivity contribution in [3.8, 4) is 0 Å². The fourth-order valence-corrected chi connectivity index (χ4v) is 4.88. The van der Waals surface area contributed by atoms with Gasteiger partial charge in [-0.25, -0.2) is 0 Å². The van der Waals surface area contributed by atoms with E-state index in [0.29, 0.717) is 0 Å². The van der Waals surface area contributed by atoms with Crippen molar-refractivity contribution in [1.82, 2.24) is 5.32 Å². The molecule has 1 nitrogen and oxygen atoms in total. The van der Waals surface area contributed by atoms with E-state index in [1.165, 1.54) is 12.8 Å². The topological polar surface area (TPSA) is 12.0 Å². The van der Waals surface area contributed by atoms with Crippen molar-refractivity contribution < 1.29 is 0 Å². The molecule has 1 aliphatic heterocycles. The van der Waals surface area contributed by atoms with Crippen LogP contribution in [-0.4, -0.2) is 13.1 Å². The number of rotatable bonds is 3. The molecular weight excluding hydrogens is 290 g/mol. The predicted molar refractivity (Wildman–Crippen MR) is 102 cm³/mol. The van der Waals surface area contributed by atoms with Gasteiger partial charge in [-0.1, -0.05) is 73.5 Å². The molecule has 24 heavy (non-hydrogen) atoms. The summed E-state index contributed by atoms with van der Waals surface area (Å²) < 4.78 is 0. The van der Waals surface area contributed by atoms with Gasteiger partial charge in [-0.15, -0.1) is 0 Å². The number of fused-ring (bicyclic) bond motifs is 2. The van der Waals surface area contributed by atoms with E-state index in [-0.39, 0.29) is 5.41 Å². The van der Waals surface area contributed by atoms with Crippen LogP contribution in [0.1, 0.15) is 48.4 Å². The standard InChI is InChI=1S/C23H27N/c1-2-15-23(20-13-16-24-17-14-20)21-9-5-3-7-18(21)11-12-19-8-4-6-10-22(19)23/h3-10,13,24H,2,11-12,14-17H2,1H3. The first-order valence-corrected chi connectivity index (χ1v) is 9.43. The predicted octanol–water partition coefficient (Wildman–Crippen LogP) is 4.79. The Kier molecular flexibility index (Phi) is 4.28. The fourth-order valence-electron chi connectivity index (χ4n) is 4.88. The van der Waals surface area contributed by atoms with Crippen LogP contribution in [0.3, 0.4) is 0 Å². The van der Waals surface area contributed by atoms with Gasteiger partial charge in [0.2, 0.25) is 0 Å². The van der Waals surface area contributed by atoms with Crippen molar-refractivity contribution in [2.75, 3.05) is 13.1 Å². The van der Waals surface area contributed by atoms with Gasteiger partial charge in [0.05, 0.1) is 0 Å². The minimum Gasteiger partial charge on any atom is -0.313 e. The van der Waals surface area contributed by atoms with E-state index in [1.807, 2.05) is 0 Å². The molecule has 0 unspecified atom stereocenters. The second kappa shape index (κ2) is 6.57. The molecule has 2 aromatic carbocycles. The lowest BCUT2D eigenvalue weighted by atomic mass is 9.63. The van der Waals surface area contributed by atoms with Crippen LogP contribution >= 0.6 is 0 Å². The number of nitrogens with one attached hydrogen (secondary N) is 1. The fraction of sp³-hybridized carbons (Fsp3) is 0.391. The second-order valence-electron chi connectivity index (χ2n) is 7.15. The monoisotopic (exact) mass is 317 g/mol. The van der Waals surface area contributed by atoms with E-state index in [4.69, 9.17) is 0 Å². The minimum atomic E-state index is 0.0700. The summed E-state index contributed by atoms with van der Waals surface area (Å²) in [5, 5.41) is 3.50. The molecule has 0 radical (unpaired) electrons. The van der Waals surface area contributed by atoms with Gasteiger partial charge in [-0.05, 0) is 54.5 Å². The highest BCUT2D eigenvalue weighted by Crippen LogP contribution is 2.49. The Balaban J connectivity index is 2.04. The van der Waals surface area contributed by atoms with Crippen molar-refractivity contribution in [2.45, 2.75) is 44.4 Å². The number of benzene rings is 2. The Morgan fingerprint density at radius 2 is 1.50 bits per heavy atom. The first-order valence-electron chi connectivity index (χ1n) is 9.43. The zero-order valence-electron chi connectivity index (χ0n) is 14.6. The van der Waals surface area contributed by atoms with E-state index in [0.717, 1.165) is 32.4 Å². The van der Waals surface area contributed by atoms with Gasteiger partial charge in [0, 0.05) is 12.0 Å². The van der Waals surface area contributed by atoms with Gasteiger partial charge in [0.15, 0.2) is 0 Å². The molecule has 1 aliphatic carbocycles. The van der Waals surface area contributed by atoms with Gasteiger partial charge in [-0.3, -0.25) is 0 Å². The molecule has 0 fully saturated rings. The molecule has 0 aromatic heterocycles. The van der Waals surface area contributed by atoms with Crippen molar-refractivity contribution in [3.63, 3.8) is 0 Å². The highest BCUT2D eigenvalue weighted by atomic mass is 14.9. The molecule has 0 bridgehead atoms. The average Bonchev–Trinajstić information content (AvgIpc) is 2.79. The summed E-state index contributed by atoms with van der Waals surface area (Å²) in [5.41, 5.74) is 7.91. The van der Waals surface area contributed by atoms with Crippen molar-refractivity contribution in [1.29, 1.82) is 0 Å². The molecule has 0 atom stereocenters. The molecule has 4 rings (SSSR count). The SMILES string of the molecule is CCCC1(C2=CCNCC2)c2ccccc2CCc2ccccc21. The second-order valence-corrected chi connectivity index (χ2v) is 7.15. The first-order chi connectivity index (χ1) is 11.9. The molecule has 0 spiro atoms. The van der Waals surface area contributed by atoms with Crippen LogP contribution in [0.5, 0.6) is 0 Å². The molecule has 0 saturated heterocycles. The van der Waals surface area contributed by atoms with Crippen LogP contribution in [0.25, 0.3) is 0 Å². The quantitative estimate of drug-likeness (QED) is 0.803. The maximum absolute atomic E-state index is 3.50. The Morgan fingerprint density at radius 1 is 0.875 bits per heavy atom. The summed E-state index contributed by atoms with van der Waals surface area (Å²) >= 11 is 0. The Labute approximate surface area is 145 Å². The molecule has 1 heteroatoms. The summed E-state index contributed by atoms with van der Waals surface area (Å²) in [5.74, 6) is 0. The normalized spacial score (nSPS) is 19.0. The van der Waals surface area contributed by atoms with E-state index >= 15 is 0 Å². The summed E-state index contributed by atoms with van der Waals surface area (Å²) in [6.45, 7) is 4.44. The molecule has 1 heterocycles. The number of hydrogen-bond donors (Lipinski definition) is 1. The van der Waals surface area contributed by atoms with E-state index in [1.54, 1.807) is 27.8 Å². The van der Waals surface area contributed by atoms with Crippen molar-refractivity contribution in [2.24, 2.45) is 0 Å². The van der Waals surface area contributed by atoms with Gasteiger partial charge < -0.3 is 5.32 Å². The zero-order valence-corrected chi connectivity index (χ0v) is 14.6. The van der Waals surface area contributed by atoms with Gasteiger partial charge in [-0.2, -0.15) is 0 Å². The average molecular weight is 317 g/mol. The largest absolute Gasteiger partial charge is 0.313 e. The summed E-state index contributed by atoms with van der Waals surface area (Å²) in [7, 11) is 0. The molecule has 0 saturated carbocycles. The van der Waals surface area contributed by atoms with Gasteiger partial charge in [0.1, 0.15) is 0 Å². The van der Waals surface area contributed by atoms with Crippen LogP contribution in [0.15, 0.2) is 60.2 Å². The molecule has 124 valence electrons. The number of aryl methyl sites for hydroxylation is 2. The van der Waals surface area contributed by atoms with Crippen LogP contribution in [0, 0.1) is 0 Å². The summed E-state index contributed by atoms with van der Waals surface area (Å²) in [4.78, 5) is 0. The smallest absolute Gasteiger partial charge is 0.0417 e. The lowest BCUT2D eigenvalue weighted by Gasteiger charge is -2.40. The lowest BCUT2D eigenvalue weighted by Crippen LogP contribution is -2.36. The third-order valence-electron chi connectivity index (χ3n) is 5.86. The van der Waals surface area contributed by atoms with Crippen LogP contribution in [0.2, 0.25) is 0 Å². The lowest BCUT2D eigenvalue weighted by molar-refractivity contribution is 0.498. The van der Waals surface area contributed by atoms with Crippen LogP contribution in [0.4, 0.5) is 0 Å². The van der Waals surface area contributed by atoms with Gasteiger partial charge >= 0.3 is 0 Å². The van der Waals surface area contributed by atoms with Gasteiger partial charge in [0.25, 0.3) is 0 Å². The van der Waals surface area contributed by atoms with Crippen LogP contribution < -0.4 is 5.32 Å². The van der Waals surface area contributed by atoms with E-state index in [9.17, 15) is 0 Å². The highest BCUT2D eigenvalue weighted by Gasteiger charge is 2.41. The van der Waals surface area contributed by atoms with Crippen molar-refractivity contribution >= 4 is 0 Å². The third kappa shape index (κ3) is 2.43. The summed E-state index contributed by atoms with van der Waals surface area (Å²) in [6.07, 6.45) is 8.34. The Hall–Kier alpha value is -1.86. The Bertz CT molecular complexity index is 709. The maximum atomic E-state index is 3.50. The zero-order chi connectivity index (χ0) is 16.4. The summed E-state index contributed by atoms with van der Waals surface area (Å²) in [6, 6.07) is 18.4. The Morgan fingerprint density at radius 3 is 2.04 bits per heavy atom. The highest BCUT2D eigenvalue weighted by molar-refractivity contribution is 5.56. The molecule has 1 N–H and O–H groups in total. The maximum Gasteiger partial charge on any atom is 0.0417 e. The molecule has 2 aliphatic rings. The van der Waals surface area contributed by atoms with E-state index < -0.39 is 0 Å². The number of hydrogen-bond acceptors (Lipinski definition) is 1. The van der Waals surface area contributed by atoms with Crippen molar-refractivity contribution in [3.05, 3.63) is 82.4 Å². The third-order valence-corrected chi connectivity index (χ3v) is 5.86. The molecule has 2 aromatic rings. The first kappa shape index (κ1) is 15.7. The van der Waals surface area contributed by atoms with Crippen LogP contribution in [-0.2, 0) is 18.3 Å². The minimum absolute atomic E-state index is 0.0700. The molecular formula is C23H27N. The molecule has 0 amide bonds. The van der Waals surface area contributed by atoms with E-state index in [2.05, 4.69) is 66.8 Å².